The van der Waals surface area contributed by atoms with Crippen LogP contribution in [0.25, 0.3) is 11.6 Å². The number of rotatable bonds is 6. The Morgan fingerprint density at radius 3 is 2.34 bits per heavy atom. The van der Waals surface area contributed by atoms with Gasteiger partial charge in [-0.2, -0.15) is 5.26 Å². The SMILES string of the molecule is COc1cc(C=C(C#N)c2ccc(Br)cc2)c(Br)cc1OCc1ccc(F)cc1. The lowest BCUT2D eigenvalue weighted by molar-refractivity contribution is 0.284. The zero-order valence-corrected chi connectivity index (χ0v) is 18.6. The molecule has 146 valence electrons. The molecule has 0 saturated heterocycles. The number of benzene rings is 3. The van der Waals surface area contributed by atoms with Crippen LogP contribution in [0.5, 0.6) is 11.5 Å². The highest BCUT2D eigenvalue weighted by atomic mass is 79.9. The summed E-state index contributed by atoms with van der Waals surface area (Å²) < 4.78 is 26.1. The third-order valence-electron chi connectivity index (χ3n) is 4.17. The molecule has 0 aliphatic heterocycles. The van der Waals surface area contributed by atoms with Crippen LogP contribution in [0.1, 0.15) is 16.7 Å². The van der Waals surface area contributed by atoms with Crippen LogP contribution in [0.3, 0.4) is 0 Å². The van der Waals surface area contributed by atoms with Gasteiger partial charge in [0.05, 0.1) is 18.8 Å². The van der Waals surface area contributed by atoms with Gasteiger partial charge in [0.1, 0.15) is 12.4 Å². The summed E-state index contributed by atoms with van der Waals surface area (Å²) in [6.07, 6.45) is 1.79. The second-order valence-electron chi connectivity index (χ2n) is 6.12. The normalized spacial score (nSPS) is 11.1. The van der Waals surface area contributed by atoms with Crippen LogP contribution >= 0.6 is 31.9 Å². The summed E-state index contributed by atoms with van der Waals surface area (Å²) in [5, 5.41) is 9.58. The van der Waals surface area contributed by atoms with Crippen molar-refractivity contribution in [1.29, 1.82) is 5.26 Å². The summed E-state index contributed by atoms with van der Waals surface area (Å²) in [5.41, 5.74) is 2.98. The molecule has 29 heavy (non-hydrogen) atoms. The molecular weight excluding hydrogens is 501 g/mol. The first-order valence-electron chi connectivity index (χ1n) is 8.62. The molecule has 0 heterocycles. The van der Waals surface area contributed by atoms with Gasteiger partial charge in [0.2, 0.25) is 0 Å². The van der Waals surface area contributed by atoms with Gasteiger partial charge in [-0.3, -0.25) is 0 Å². The number of hydrogen-bond donors (Lipinski definition) is 0. The van der Waals surface area contributed by atoms with E-state index < -0.39 is 0 Å². The molecule has 0 saturated carbocycles. The summed E-state index contributed by atoms with van der Waals surface area (Å²) in [7, 11) is 1.56. The minimum atomic E-state index is -0.288. The van der Waals surface area contributed by atoms with E-state index in [9.17, 15) is 9.65 Å². The number of nitriles is 1. The molecular formula is C23H16Br2FNO2. The van der Waals surface area contributed by atoms with Crippen LogP contribution in [0.15, 0.2) is 69.6 Å². The monoisotopic (exact) mass is 515 g/mol. The summed E-state index contributed by atoms with van der Waals surface area (Å²) in [6.45, 7) is 0.278. The third kappa shape index (κ3) is 5.47. The average molecular weight is 517 g/mol. The fourth-order valence-electron chi connectivity index (χ4n) is 2.64. The van der Waals surface area contributed by atoms with Gasteiger partial charge in [0, 0.05) is 8.95 Å². The zero-order chi connectivity index (χ0) is 20.8. The average Bonchev–Trinajstić information content (AvgIpc) is 2.73. The van der Waals surface area contributed by atoms with Gasteiger partial charge in [0.15, 0.2) is 11.5 Å². The van der Waals surface area contributed by atoms with Crippen LogP contribution in [-0.4, -0.2) is 7.11 Å². The quantitative estimate of drug-likeness (QED) is 0.261. The molecule has 3 aromatic rings. The van der Waals surface area contributed by atoms with Gasteiger partial charge < -0.3 is 9.47 Å². The van der Waals surface area contributed by atoms with E-state index in [4.69, 9.17) is 9.47 Å². The second-order valence-corrected chi connectivity index (χ2v) is 7.89. The van der Waals surface area contributed by atoms with E-state index in [0.717, 1.165) is 25.6 Å². The number of hydrogen-bond acceptors (Lipinski definition) is 3. The van der Waals surface area contributed by atoms with Gasteiger partial charge >= 0.3 is 0 Å². The van der Waals surface area contributed by atoms with Crippen molar-refractivity contribution >= 4 is 43.5 Å². The first-order valence-corrected chi connectivity index (χ1v) is 10.2. The highest BCUT2D eigenvalue weighted by Gasteiger charge is 2.11. The Hall–Kier alpha value is -2.62. The van der Waals surface area contributed by atoms with Crippen molar-refractivity contribution in [3.8, 4) is 17.6 Å². The molecule has 0 amide bonds. The Labute approximate surface area is 185 Å². The Kier molecular flexibility index (Phi) is 7.08. The molecule has 0 spiro atoms. The van der Waals surface area contributed by atoms with E-state index >= 15 is 0 Å². The van der Waals surface area contributed by atoms with Gasteiger partial charge in [-0.25, -0.2) is 4.39 Å². The number of ether oxygens (including phenoxy) is 2. The highest BCUT2D eigenvalue weighted by Crippen LogP contribution is 2.36. The molecule has 0 atom stereocenters. The Morgan fingerprint density at radius 2 is 1.72 bits per heavy atom. The topological polar surface area (TPSA) is 42.2 Å². The van der Waals surface area contributed by atoms with Crippen LogP contribution in [0.4, 0.5) is 4.39 Å². The van der Waals surface area contributed by atoms with Crippen molar-refractivity contribution in [2.75, 3.05) is 7.11 Å². The fourth-order valence-corrected chi connectivity index (χ4v) is 3.34. The lowest BCUT2D eigenvalue weighted by Gasteiger charge is -2.13. The number of nitrogens with zero attached hydrogens (tertiary/aromatic N) is 1. The van der Waals surface area contributed by atoms with Gasteiger partial charge in [-0.05, 0) is 59.2 Å². The van der Waals surface area contributed by atoms with Gasteiger partial charge in [-0.1, -0.05) is 56.1 Å². The zero-order valence-electron chi connectivity index (χ0n) is 15.5. The molecule has 3 rings (SSSR count). The lowest BCUT2D eigenvalue weighted by atomic mass is 10.0. The highest BCUT2D eigenvalue weighted by molar-refractivity contribution is 9.10. The number of allylic oxidation sites excluding steroid dienone is 1. The summed E-state index contributed by atoms with van der Waals surface area (Å²) in [4.78, 5) is 0. The number of halogens is 3. The smallest absolute Gasteiger partial charge is 0.162 e. The Morgan fingerprint density at radius 1 is 1.03 bits per heavy atom. The maximum Gasteiger partial charge on any atom is 0.162 e. The van der Waals surface area contributed by atoms with Gasteiger partial charge in [-0.15, -0.1) is 0 Å². The summed E-state index contributed by atoms with van der Waals surface area (Å²) in [5.74, 6) is 0.793. The second kappa shape index (κ2) is 9.73. The van der Waals surface area contributed by atoms with Crippen molar-refractivity contribution in [3.63, 3.8) is 0 Å². The third-order valence-corrected chi connectivity index (χ3v) is 5.38. The molecule has 3 aromatic carbocycles. The lowest BCUT2D eigenvalue weighted by Crippen LogP contribution is -1.98. The molecule has 0 radical (unpaired) electrons. The molecule has 0 fully saturated rings. The van der Waals surface area contributed by atoms with E-state index in [-0.39, 0.29) is 12.4 Å². The first kappa shape index (κ1) is 21.1. The minimum absolute atomic E-state index is 0.278. The first-order chi connectivity index (χ1) is 14.0. The van der Waals surface area contributed by atoms with Crippen molar-refractivity contribution in [2.45, 2.75) is 6.61 Å². The molecule has 0 aliphatic carbocycles. The molecule has 3 nitrogen and oxygen atoms in total. The van der Waals surface area contributed by atoms with Crippen LogP contribution in [0.2, 0.25) is 0 Å². The van der Waals surface area contributed by atoms with E-state index in [2.05, 4.69) is 37.9 Å². The Bertz CT molecular complexity index is 1070. The van der Waals surface area contributed by atoms with Gasteiger partial charge in [0.25, 0.3) is 0 Å². The maximum absolute atomic E-state index is 13.0. The van der Waals surface area contributed by atoms with E-state index in [1.807, 2.05) is 24.3 Å². The molecule has 0 unspecified atom stereocenters. The fraction of sp³-hybridized carbons (Fsp3) is 0.0870. The predicted octanol–water partition coefficient (Wildman–Crippen LogP) is 7.00. The maximum atomic E-state index is 13.0. The molecule has 0 N–H and O–H groups in total. The van der Waals surface area contributed by atoms with E-state index in [0.29, 0.717) is 17.1 Å². The Balaban J connectivity index is 1.88. The molecule has 0 aromatic heterocycles. The largest absolute Gasteiger partial charge is 0.493 e. The predicted molar refractivity (Wildman–Crippen MR) is 119 cm³/mol. The number of methoxy groups -OCH3 is 1. The molecule has 6 heteroatoms. The molecule has 0 bridgehead atoms. The minimum Gasteiger partial charge on any atom is -0.493 e. The van der Waals surface area contributed by atoms with Crippen molar-refractivity contribution in [1.82, 2.24) is 0 Å². The van der Waals surface area contributed by atoms with E-state index in [1.54, 1.807) is 37.5 Å². The van der Waals surface area contributed by atoms with Crippen LogP contribution in [0, 0.1) is 17.1 Å². The van der Waals surface area contributed by atoms with Crippen molar-refractivity contribution in [3.05, 3.63) is 92.1 Å². The van der Waals surface area contributed by atoms with Crippen molar-refractivity contribution in [2.24, 2.45) is 0 Å². The van der Waals surface area contributed by atoms with Crippen LogP contribution < -0.4 is 9.47 Å². The molecule has 0 aliphatic rings. The summed E-state index contributed by atoms with van der Waals surface area (Å²) in [6, 6.07) is 19.5. The van der Waals surface area contributed by atoms with Crippen molar-refractivity contribution < 1.29 is 13.9 Å². The van der Waals surface area contributed by atoms with E-state index in [1.165, 1.54) is 12.1 Å². The van der Waals surface area contributed by atoms with Crippen LogP contribution in [-0.2, 0) is 6.61 Å². The summed E-state index contributed by atoms with van der Waals surface area (Å²) >= 11 is 6.94. The standard InChI is InChI=1S/C23H16Br2FNO2/c1-28-22-11-17(10-18(13-27)16-4-6-19(24)7-5-16)21(25)12-23(22)29-14-15-2-8-20(26)9-3-15/h2-12H,14H2,1H3.